The van der Waals surface area contributed by atoms with Crippen molar-refractivity contribution in [3.63, 3.8) is 0 Å². The Bertz CT molecular complexity index is 1050. The largest absolute Gasteiger partial charge is 0.480 e. The van der Waals surface area contributed by atoms with Crippen LogP contribution in [0.15, 0.2) is 30.5 Å². The Morgan fingerprint density at radius 1 is 0.944 bits per heavy atom. The van der Waals surface area contributed by atoms with E-state index >= 15 is 0 Å². The lowest BCUT2D eigenvalue weighted by atomic mass is 10.0. The van der Waals surface area contributed by atoms with Crippen molar-refractivity contribution in [1.82, 2.24) is 20.9 Å². The molecular formula is C25H38N6O5. The van der Waals surface area contributed by atoms with Crippen LogP contribution in [-0.2, 0) is 25.6 Å². The van der Waals surface area contributed by atoms with Gasteiger partial charge >= 0.3 is 5.97 Å². The van der Waals surface area contributed by atoms with E-state index in [0.717, 1.165) is 16.5 Å². The van der Waals surface area contributed by atoms with Crippen LogP contribution >= 0.6 is 0 Å². The fourth-order valence-electron chi connectivity index (χ4n) is 3.73. The molecule has 3 amide bonds. The van der Waals surface area contributed by atoms with Crippen LogP contribution in [-0.4, -0.2) is 64.5 Å². The lowest BCUT2D eigenvalue weighted by molar-refractivity contribution is -0.142. The number of hydrogen-bond donors (Lipinski definition) is 7. The summed E-state index contributed by atoms with van der Waals surface area (Å²) in [6.07, 6.45) is 3.35. The molecule has 0 aliphatic carbocycles. The molecule has 36 heavy (non-hydrogen) atoms. The summed E-state index contributed by atoms with van der Waals surface area (Å²) in [4.78, 5) is 53.2. The Morgan fingerprint density at radius 3 is 2.25 bits per heavy atom. The first-order valence-corrected chi connectivity index (χ1v) is 12.2. The van der Waals surface area contributed by atoms with Crippen LogP contribution in [0.3, 0.4) is 0 Å². The number of nitrogens with two attached hydrogens (primary N) is 2. The fourth-order valence-corrected chi connectivity index (χ4v) is 3.73. The van der Waals surface area contributed by atoms with Crippen molar-refractivity contribution in [2.45, 2.75) is 70.6 Å². The van der Waals surface area contributed by atoms with E-state index in [2.05, 4.69) is 20.9 Å². The van der Waals surface area contributed by atoms with E-state index in [-0.39, 0.29) is 18.8 Å². The maximum Gasteiger partial charge on any atom is 0.326 e. The number of amides is 3. The molecule has 0 aliphatic rings. The summed E-state index contributed by atoms with van der Waals surface area (Å²) < 4.78 is 0. The number of rotatable bonds is 14. The third kappa shape index (κ3) is 8.06. The number of aromatic nitrogens is 1. The Hall–Kier alpha value is -3.44. The van der Waals surface area contributed by atoms with Crippen molar-refractivity contribution < 1.29 is 24.3 Å². The maximum atomic E-state index is 13.2. The second-order valence-electron chi connectivity index (χ2n) is 9.31. The van der Waals surface area contributed by atoms with Gasteiger partial charge in [-0.2, -0.15) is 0 Å². The van der Waals surface area contributed by atoms with Gasteiger partial charge in [-0.1, -0.05) is 32.0 Å². The standard InChI is InChI=1S/C25H38N6O5/c1-14(2)21(27)24(34)31-20(12-16-13-28-18-9-5-4-8-17(16)18)23(33)29-15(3)22(32)30-19(25(35)36)10-6-7-11-26/h4-5,8-9,13-15,19-21,28H,6-7,10-12,26-27H2,1-3H3,(H,29,33)(H,30,32)(H,31,34)(H,35,36)/t15-,19-,20-,21-/m0/s1. The Kier molecular flexibility index (Phi) is 10.9. The molecule has 1 aromatic heterocycles. The quantitative estimate of drug-likeness (QED) is 0.181. The lowest BCUT2D eigenvalue weighted by Crippen LogP contribution is -2.57. The van der Waals surface area contributed by atoms with Crippen molar-refractivity contribution in [2.75, 3.05) is 6.54 Å². The highest BCUT2D eigenvalue weighted by Gasteiger charge is 2.29. The van der Waals surface area contributed by atoms with E-state index < -0.39 is 47.9 Å². The molecule has 2 aromatic rings. The molecule has 4 atom stereocenters. The van der Waals surface area contributed by atoms with Gasteiger partial charge in [-0.3, -0.25) is 14.4 Å². The van der Waals surface area contributed by atoms with Gasteiger partial charge in [0.2, 0.25) is 17.7 Å². The van der Waals surface area contributed by atoms with Crippen LogP contribution in [0, 0.1) is 5.92 Å². The predicted octanol–water partition coefficient (Wildman–Crippen LogP) is 0.382. The summed E-state index contributed by atoms with van der Waals surface area (Å²) in [6, 6.07) is 3.64. The van der Waals surface area contributed by atoms with Gasteiger partial charge in [0.05, 0.1) is 6.04 Å². The van der Waals surface area contributed by atoms with E-state index in [1.165, 1.54) is 6.92 Å². The van der Waals surface area contributed by atoms with E-state index in [4.69, 9.17) is 11.5 Å². The number of nitrogens with one attached hydrogen (secondary N) is 4. The molecule has 0 aliphatic heterocycles. The molecule has 0 radical (unpaired) electrons. The van der Waals surface area contributed by atoms with Gasteiger partial charge in [0, 0.05) is 23.5 Å². The molecule has 2 rings (SSSR count). The van der Waals surface area contributed by atoms with E-state index in [0.29, 0.717) is 19.4 Å². The first-order chi connectivity index (χ1) is 17.0. The number of para-hydroxylation sites is 1. The summed E-state index contributed by atoms with van der Waals surface area (Å²) in [5.41, 5.74) is 13.1. The average Bonchev–Trinajstić information content (AvgIpc) is 3.24. The Balaban J connectivity index is 2.14. The number of carboxylic acids is 1. The first kappa shape index (κ1) is 28.8. The molecule has 1 heterocycles. The monoisotopic (exact) mass is 502 g/mol. The molecule has 0 saturated heterocycles. The van der Waals surface area contributed by atoms with Crippen LogP contribution in [0.1, 0.15) is 45.6 Å². The third-order valence-corrected chi connectivity index (χ3v) is 6.07. The van der Waals surface area contributed by atoms with Crippen molar-refractivity contribution in [3.05, 3.63) is 36.0 Å². The predicted molar refractivity (Wildman–Crippen MR) is 137 cm³/mol. The molecule has 0 saturated carbocycles. The molecule has 0 unspecified atom stereocenters. The minimum atomic E-state index is -1.16. The molecule has 11 nitrogen and oxygen atoms in total. The van der Waals surface area contributed by atoms with Gasteiger partial charge in [0.25, 0.3) is 0 Å². The second-order valence-corrected chi connectivity index (χ2v) is 9.31. The van der Waals surface area contributed by atoms with Crippen molar-refractivity contribution in [2.24, 2.45) is 17.4 Å². The number of aliphatic carboxylic acids is 1. The van der Waals surface area contributed by atoms with Gasteiger partial charge in [-0.25, -0.2) is 4.79 Å². The van der Waals surface area contributed by atoms with Crippen LogP contribution in [0.2, 0.25) is 0 Å². The highest BCUT2D eigenvalue weighted by atomic mass is 16.4. The van der Waals surface area contributed by atoms with Gasteiger partial charge in [-0.05, 0) is 50.3 Å². The van der Waals surface area contributed by atoms with Crippen molar-refractivity contribution >= 4 is 34.6 Å². The van der Waals surface area contributed by atoms with Gasteiger partial charge in [0.1, 0.15) is 18.1 Å². The number of benzene rings is 1. The van der Waals surface area contributed by atoms with E-state index in [1.54, 1.807) is 20.0 Å². The summed E-state index contributed by atoms with van der Waals surface area (Å²) >= 11 is 0. The number of unbranched alkanes of at least 4 members (excludes halogenated alkanes) is 1. The number of carbonyl (C=O) groups is 4. The third-order valence-electron chi connectivity index (χ3n) is 6.07. The smallest absolute Gasteiger partial charge is 0.326 e. The average molecular weight is 503 g/mol. The highest BCUT2D eigenvalue weighted by molar-refractivity contribution is 5.94. The minimum absolute atomic E-state index is 0.140. The minimum Gasteiger partial charge on any atom is -0.480 e. The van der Waals surface area contributed by atoms with E-state index in [9.17, 15) is 24.3 Å². The maximum absolute atomic E-state index is 13.2. The summed E-state index contributed by atoms with van der Waals surface area (Å²) in [5, 5.41) is 18.1. The molecule has 0 spiro atoms. The number of H-pyrrole nitrogens is 1. The molecule has 0 bridgehead atoms. The van der Waals surface area contributed by atoms with Crippen LogP contribution in [0.5, 0.6) is 0 Å². The SMILES string of the molecule is CC(C)[C@H](N)C(=O)N[C@@H](Cc1c[nH]c2ccccc12)C(=O)N[C@@H](C)C(=O)N[C@@H](CCCCN)C(=O)O. The highest BCUT2D eigenvalue weighted by Crippen LogP contribution is 2.19. The zero-order chi connectivity index (χ0) is 26.8. The summed E-state index contributed by atoms with van der Waals surface area (Å²) in [5.74, 6) is -3.00. The Morgan fingerprint density at radius 2 is 1.61 bits per heavy atom. The van der Waals surface area contributed by atoms with Crippen LogP contribution in [0.4, 0.5) is 0 Å². The number of hydrogen-bond acceptors (Lipinski definition) is 6. The molecular weight excluding hydrogens is 464 g/mol. The van der Waals surface area contributed by atoms with Crippen molar-refractivity contribution in [3.8, 4) is 0 Å². The fraction of sp³-hybridized carbons (Fsp3) is 0.520. The zero-order valence-corrected chi connectivity index (χ0v) is 21.0. The van der Waals surface area contributed by atoms with Crippen LogP contribution in [0.25, 0.3) is 10.9 Å². The van der Waals surface area contributed by atoms with Gasteiger partial charge in [-0.15, -0.1) is 0 Å². The number of fused-ring (bicyclic) bond motifs is 1. The molecule has 0 fully saturated rings. The van der Waals surface area contributed by atoms with Crippen molar-refractivity contribution in [1.29, 1.82) is 0 Å². The molecule has 198 valence electrons. The first-order valence-electron chi connectivity index (χ1n) is 12.2. The number of carboxylic acid groups (broad SMARTS) is 1. The summed E-state index contributed by atoms with van der Waals surface area (Å²) in [6.45, 7) is 5.49. The summed E-state index contributed by atoms with van der Waals surface area (Å²) in [7, 11) is 0. The topological polar surface area (TPSA) is 192 Å². The van der Waals surface area contributed by atoms with Crippen LogP contribution < -0.4 is 27.4 Å². The molecule has 11 heteroatoms. The Labute approximate surface area is 210 Å². The zero-order valence-electron chi connectivity index (χ0n) is 21.0. The second kappa shape index (κ2) is 13.6. The molecule has 9 N–H and O–H groups in total. The number of carbonyl (C=O) groups excluding carboxylic acids is 3. The van der Waals surface area contributed by atoms with Gasteiger partial charge < -0.3 is 37.5 Å². The normalized spacial score (nSPS) is 14.6. The van der Waals surface area contributed by atoms with Gasteiger partial charge in [0.15, 0.2) is 0 Å². The molecule has 1 aromatic carbocycles. The lowest BCUT2D eigenvalue weighted by Gasteiger charge is -2.24. The number of aromatic amines is 1. The van der Waals surface area contributed by atoms with E-state index in [1.807, 2.05) is 24.3 Å².